The Morgan fingerprint density at radius 3 is 2.96 bits per heavy atom. The fourth-order valence-corrected chi connectivity index (χ4v) is 3.48. The van der Waals surface area contributed by atoms with Crippen LogP contribution in [0.1, 0.15) is 51.5 Å². The number of hydrogen-bond donors (Lipinski definition) is 1. The van der Waals surface area contributed by atoms with E-state index < -0.39 is 0 Å². The molecular formula is C21H29N3O2. The van der Waals surface area contributed by atoms with Crippen LogP contribution < -0.4 is 5.32 Å². The number of nitrogens with one attached hydrogen (secondary N) is 1. The Balaban J connectivity index is 1.61. The zero-order valence-electron chi connectivity index (χ0n) is 15.8. The second kappa shape index (κ2) is 8.99. The number of rotatable bonds is 7. The Labute approximate surface area is 155 Å². The lowest BCUT2D eigenvalue weighted by atomic mass is 9.96. The van der Waals surface area contributed by atoms with E-state index in [-0.39, 0.29) is 17.9 Å². The van der Waals surface area contributed by atoms with Gasteiger partial charge in [0, 0.05) is 18.7 Å². The van der Waals surface area contributed by atoms with Crippen LogP contribution in [0.3, 0.4) is 0 Å². The summed E-state index contributed by atoms with van der Waals surface area (Å²) in [6, 6.07) is 10.1. The number of likely N-dealkylation sites (tertiary alicyclic amines) is 1. The topological polar surface area (TPSA) is 58.4 Å². The SMILES string of the molecule is CCCCNC(=O)C1CCCN(C(C)c2ncc(-c3ccccc3)o2)C1. The molecule has 1 aliphatic rings. The van der Waals surface area contributed by atoms with Gasteiger partial charge in [-0.05, 0) is 32.7 Å². The molecule has 1 N–H and O–H groups in total. The van der Waals surface area contributed by atoms with Gasteiger partial charge in [-0.15, -0.1) is 0 Å². The highest BCUT2D eigenvalue weighted by atomic mass is 16.4. The fraction of sp³-hybridized carbons (Fsp3) is 0.524. The summed E-state index contributed by atoms with van der Waals surface area (Å²) in [7, 11) is 0. The number of aromatic nitrogens is 1. The number of unbranched alkanes of at least 4 members (excludes halogenated alkanes) is 1. The lowest BCUT2D eigenvalue weighted by Crippen LogP contribution is -2.44. The third-order valence-corrected chi connectivity index (χ3v) is 5.14. The van der Waals surface area contributed by atoms with Gasteiger partial charge in [0.2, 0.25) is 11.8 Å². The van der Waals surface area contributed by atoms with Crippen molar-refractivity contribution in [1.29, 1.82) is 0 Å². The first-order valence-corrected chi connectivity index (χ1v) is 9.72. The van der Waals surface area contributed by atoms with Gasteiger partial charge >= 0.3 is 0 Å². The molecule has 5 heteroatoms. The predicted molar refractivity (Wildman–Crippen MR) is 103 cm³/mol. The quantitative estimate of drug-likeness (QED) is 0.762. The Morgan fingerprint density at radius 1 is 1.38 bits per heavy atom. The molecule has 0 aliphatic carbocycles. The second-order valence-corrected chi connectivity index (χ2v) is 7.08. The molecule has 2 unspecified atom stereocenters. The average molecular weight is 355 g/mol. The third-order valence-electron chi connectivity index (χ3n) is 5.14. The Bertz CT molecular complexity index is 698. The minimum atomic E-state index is 0.0617. The van der Waals surface area contributed by atoms with Crippen LogP contribution in [-0.2, 0) is 4.79 Å². The molecule has 2 aromatic rings. The number of benzene rings is 1. The van der Waals surface area contributed by atoms with Gasteiger partial charge in [0.1, 0.15) is 0 Å². The van der Waals surface area contributed by atoms with Crippen molar-refractivity contribution >= 4 is 5.91 Å². The number of piperidine rings is 1. The van der Waals surface area contributed by atoms with Crippen molar-refractivity contribution in [2.75, 3.05) is 19.6 Å². The molecule has 1 saturated heterocycles. The lowest BCUT2D eigenvalue weighted by molar-refractivity contribution is -0.127. The van der Waals surface area contributed by atoms with Crippen molar-refractivity contribution in [1.82, 2.24) is 15.2 Å². The summed E-state index contributed by atoms with van der Waals surface area (Å²) >= 11 is 0. The van der Waals surface area contributed by atoms with Gasteiger partial charge in [-0.3, -0.25) is 9.69 Å². The van der Waals surface area contributed by atoms with Crippen molar-refractivity contribution in [3.8, 4) is 11.3 Å². The first-order valence-electron chi connectivity index (χ1n) is 9.72. The first kappa shape index (κ1) is 18.6. The van der Waals surface area contributed by atoms with E-state index in [0.717, 1.165) is 62.5 Å². The third kappa shape index (κ3) is 4.52. The van der Waals surface area contributed by atoms with Crippen molar-refractivity contribution in [3.63, 3.8) is 0 Å². The van der Waals surface area contributed by atoms with Gasteiger partial charge in [-0.1, -0.05) is 43.7 Å². The molecule has 0 saturated carbocycles. The largest absolute Gasteiger partial charge is 0.439 e. The number of nitrogens with zero attached hydrogens (tertiary/aromatic N) is 2. The molecule has 1 aliphatic heterocycles. The van der Waals surface area contributed by atoms with Gasteiger partial charge in [-0.2, -0.15) is 0 Å². The summed E-state index contributed by atoms with van der Waals surface area (Å²) in [4.78, 5) is 19.2. The monoisotopic (exact) mass is 355 g/mol. The molecular weight excluding hydrogens is 326 g/mol. The van der Waals surface area contributed by atoms with Crippen molar-refractivity contribution < 1.29 is 9.21 Å². The maximum absolute atomic E-state index is 12.4. The van der Waals surface area contributed by atoms with E-state index in [1.54, 1.807) is 6.20 Å². The first-order chi connectivity index (χ1) is 12.7. The molecule has 5 nitrogen and oxygen atoms in total. The predicted octanol–water partition coefficient (Wildman–Crippen LogP) is 4.03. The molecule has 1 amide bonds. The highest BCUT2D eigenvalue weighted by molar-refractivity contribution is 5.78. The van der Waals surface area contributed by atoms with Crippen LogP contribution in [0.4, 0.5) is 0 Å². The molecule has 0 bridgehead atoms. The maximum Gasteiger partial charge on any atom is 0.224 e. The number of carbonyl (C=O) groups is 1. The second-order valence-electron chi connectivity index (χ2n) is 7.08. The highest BCUT2D eigenvalue weighted by Crippen LogP contribution is 2.29. The van der Waals surface area contributed by atoms with Crippen molar-refractivity contribution in [2.45, 2.75) is 45.6 Å². The Morgan fingerprint density at radius 2 is 2.19 bits per heavy atom. The zero-order valence-corrected chi connectivity index (χ0v) is 15.8. The molecule has 2 atom stereocenters. The van der Waals surface area contributed by atoms with Crippen LogP contribution in [0.25, 0.3) is 11.3 Å². The molecule has 1 aromatic carbocycles. The van der Waals surface area contributed by atoms with Crippen molar-refractivity contribution in [2.24, 2.45) is 5.92 Å². The smallest absolute Gasteiger partial charge is 0.224 e. The fourth-order valence-electron chi connectivity index (χ4n) is 3.48. The van der Waals surface area contributed by atoms with Crippen LogP contribution >= 0.6 is 0 Å². The van der Waals surface area contributed by atoms with Crippen LogP contribution in [-0.4, -0.2) is 35.4 Å². The zero-order chi connectivity index (χ0) is 18.4. The van der Waals surface area contributed by atoms with E-state index in [0.29, 0.717) is 0 Å². The highest BCUT2D eigenvalue weighted by Gasteiger charge is 2.30. The normalized spacial score (nSPS) is 19.2. The Hall–Kier alpha value is -2.14. The van der Waals surface area contributed by atoms with Crippen LogP contribution in [0.2, 0.25) is 0 Å². The summed E-state index contributed by atoms with van der Waals surface area (Å²) in [5.74, 6) is 1.76. The van der Waals surface area contributed by atoms with E-state index in [9.17, 15) is 4.79 Å². The minimum Gasteiger partial charge on any atom is -0.439 e. The Kier molecular flexibility index (Phi) is 6.45. The van der Waals surface area contributed by atoms with E-state index in [1.165, 1.54) is 0 Å². The minimum absolute atomic E-state index is 0.0617. The molecule has 0 radical (unpaired) electrons. The standard InChI is InChI=1S/C21H29N3O2/c1-3-4-12-22-20(25)18-11-8-13-24(15-18)16(2)21-23-14-19(26-21)17-9-6-5-7-10-17/h5-7,9-10,14,16,18H,3-4,8,11-13,15H2,1-2H3,(H,22,25). The number of carbonyl (C=O) groups excluding carboxylic acids is 1. The van der Waals surface area contributed by atoms with Gasteiger partial charge in [-0.25, -0.2) is 4.98 Å². The number of hydrogen-bond acceptors (Lipinski definition) is 4. The summed E-state index contributed by atoms with van der Waals surface area (Å²) in [6.45, 7) is 6.76. The van der Waals surface area contributed by atoms with E-state index in [2.05, 4.69) is 29.0 Å². The summed E-state index contributed by atoms with van der Waals surface area (Å²) in [5, 5.41) is 3.07. The van der Waals surface area contributed by atoms with E-state index in [1.807, 2.05) is 30.3 Å². The lowest BCUT2D eigenvalue weighted by Gasteiger charge is -2.34. The van der Waals surface area contributed by atoms with E-state index in [4.69, 9.17) is 4.42 Å². The van der Waals surface area contributed by atoms with Gasteiger partial charge in [0.25, 0.3) is 0 Å². The number of amides is 1. The van der Waals surface area contributed by atoms with Gasteiger partial charge < -0.3 is 9.73 Å². The molecule has 1 aromatic heterocycles. The molecule has 1 fully saturated rings. The molecule has 3 rings (SSSR count). The van der Waals surface area contributed by atoms with E-state index >= 15 is 0 Å². The summed E-state index contributed by atoms with van der Waals surface area (Å²) < 4.78 is 6.01. The average Bonchev–Trinajstić information content (AvgIpc) is 3.18. The molecule has 0 spiro atoms. The van der Waals surface area contributed by atoms with Gasteiger partial charge in [0.05, 0.1) is 18.2 Å². The molecule has 140 valence electrons. The van der Waals surface area contributed by atoms with Crippen molar-refractivity contribution in [3.05, 3.63) is 42.4 Å². The van der Waals surface area contributed by atoms with Gasteiger partial charge in [0.15, 0.2) is 5.76 Å². The summed E-state index contributed by atoms with van der Waals surface area (Å²) in [5.41, 5.74) is 1.03. The number of oxazole rings is 1. The van der Waals surface area contributed by atoms with Crippen LogP contribution in [0.15, 0.2) is 40.9 Å². The molecule has 2 heterocycles. The molecule has 26 heavy (non-hydrogen) atoms. The van der Waals surface area contributed by atoms with Crippen LogP contribution in [0, 0.1) is 5.92 Å². The summed E-state index contributed by atoms with van der Waals surface area (Å²) in [6.07, 6.45) is 5.92. The maximum atomic E-state index is 12.4. The van der Waals surface area contributed by atoms with Crippen LogP contribution in [0.5, 0.6) is 0 Å².